The lowest BCUT2D eigenvalue weighted by atomic mass is 10.1. The molecule has 0 aliphatic heterocycles. The number of hydrazone groups is 2. The van der Waals surface area contributed by atoms with Gasteiger partial charge < -0.3 is 11.5 Å². The Kier molecular flexibility index (Phi) is 6.33. The summed E-state index contributed by atoms with van der Waals surface area (Å²) in [5, 5.41) is 8.00. The maximum Gasteiger partial charge on any atom is 0.184 e. The van der Waals surface area contributed by atoms with Crippen LogP contribution < -0.4 is 22.3 Å². The number of benzene rings is 1. The van der Waals surface area contributed by atoms with E-state index in [0.29, 0.717) is 5.71 Å². The Morgan fingerprint density at radius 1 is 1.11 bits per heavy atom. The first-order chi connectivity index (χ1) is 8.99. The monoisotopic (exact) mass is 358 g/mol. The van der Waals surface area contributed by atoms with E-state index in [1.807, 2.05) is 24.3 Å². The zero-order chi connectivity index (χ0) is 14.3. The van der Waals surface area contributed by atoms with E-state index in [-0.39, 0.29) is 10.2 Å². The van der Waals surface area contributed by atoms with Gasteiger partial charge in [0.05, 0.1) is 6.21 Å². The fraction of sp³-hybridized carbons (Fsp3) is 0. The molecule has 9 heteroatoms. The fourth-order valence-corrected chi connectivity index (χ4v) is 1.42. The molecule has 6 nitrogen and oxygen atoms in total. The van der Waals surface area contributed by atoms with Gasteiger partial charge in [0.25, 0.3) is 0 Å². The summed E-state index contributed by atoms with van der Waals surface area (Å²) in [4.78, 5) is 0. The molecule has 0 atom stereocenters. The molecular weight excluding hydrogens is 348 g/mol. The fourth-order valence-electron chi connectivity index (χ4n) is 1.06. The average Bonchev–Trinajstić information content (AvgIpc) is 2.34. The zero-order valence-corrected chi connectivity index (χ0v) is 12.8. The van der Waals surface area contributed by atoms with E-state index in [1.54, 1.807) is 0 Å². The van der Waals surface area contributed by atoms with Gasteiger partial charge in [-0.15, -0.1) is 0 Å². The van der Waals surface area contributed by atoms with Gasteiger partial charge in [0.15, 0.2) is 10.2 Å². The predicted molar refractivity (Wildman–Crippen MR) is 89.0 cm³/mol. The van der Waals surface area contributed by atoms with Gasteiger partial charge in [0.2, 0.25) is 0 Å². The highest BCUT2D eigenvalue weighted by molar-refractivity contribution is 9.10. The maximum absolute atomic E-state index is 5.32. The van der Waals surface area contributed by atoms with Crippen LogP contribution in [0.5, 0.6) is 0 Å². The molecule has 1 rings (SSSR count). The van der Waals surface area contributed by atoms with E-state index in [9.17, 15) is 0 Å². The molecule has 0 radical (unpaired) electrons. The minimum atomic E-state index is 0.0605. The van der Waals surface area contributed by atoms with Gasteiger partial charge in [0, 0.05) is 10.0 Å². The quantitative estimate of drug-likeness (QED) is 0.361. The van der Waals surface area contributed by atoms with Crippen LogP contribution in [0.2, 0.25) is 0 Å². The lowest BCUT2D eigenvalue weighted by Crippen LogP contribution is -2.27. The number of nitrogens with zero attached hydrogens (tertiary/aromatic N) is 2. The number of nitrogens with two attached hydrogens (primary N) is 2. The predicted octanol–water partition coefficient (Wildman–Crippen LogP) is 0.805. The smallest absolute Gasteiger partial charge is 0.184 e. The second-order valence-electron chi connectivity index (χ2n) is 3.21. The molecule has 0 heterocycles. The number of hydrogen-bond acceptors (Lipinski definition) is 4. The van der Waals surface area contributed by atoms with Gasteiger partial charge >= 0.3 is 0 Å². The van der Waals surface area contributed by atoms with Gasteiger partial charge in [0.1, 0.15) is 5.71 Å². The van der Waals surface area contributed by atoms with Crippen LogP contribution in [0.3, 0.4) is 0 Å². The molecule has 0 aliphatic carbocycles. The summed E-state index contributed by atoms with van der Waals surface area (Å²) in [7, 11) is 0. The molecule has 0 fully saturated rings. The van der Waals surface area contributed by atoms with E-state index in [4.69, 9.17) is 11.5 Å². The van der Waals surface area contributed by atoms with Crippen molar-refractivity contribution in [3.63, 3.8) is 0 Å². The lowest BCUT2D eigenvalue weighted by Gasteiger charge is -2.03. The van der Waals surface area contributed by atoms with Crippen LogP contribution in [0.25, 0.3) is 0 Å². The number of nitrogens with one attached hydrogen (secondary N) is 2. The first-order valence-electron chi connectivity index (χ1n) is 4.96. The Balaban J connectivity index is 2.94. The molecule has 6 N–H and O–H groups in total. The molecule has 0 bridgehead atoms. The van der Waals surface area contributed by atoms with E-state index >= 15 is 0 Å². The van der Waals surface area contributed by atoms with Crippen LogP contribution in [-0.4, -0.2) is 22.2 Å². The SMILES string of the molecule is NC(=S)NN=CC(=NNC(N)=S)c1ccc(Br)cc1. The first-order valence-corrected chi connectivity index (χ1v) is 6.57. The second kappa shape index (κ2) is 7.77. The maximum atomic E-state index is 5.32. The van der Waals surface area contributed by atoms with Gasteiger partial charge in [-0.1, -0.05) is 28.1 Å². The molecule has 0 aliphatic rings. The summed E-state index contributed by atoms with van der Waals surface area (Å²) in [5.41, 5.74) is 16.9. The normalized spacial score (nSPS) is 11.3. The van der Waals surface area contributed by atoms with Crippen LogP contribution in [-0.2, 0) is 0 Å². The Morgan fingerprint density at radius 2 is 1.68 bits per heavy atom. The molecule has 0 saturated heterocycles. The number of hydrogen-bond donors (Lipinski definition) is 4. The van der Waals surface area contributed by atoms with Gasteiger partial charge in [-0.2, -0.15) is 10.2 Å². The van der Waals surface area contributed by atoms with Crippen molar-refractivity contribution in [2.45, 2.75) is 0 Å². The summed E-state index contributed by atoms with van der Waals surface area (Å²) in [5.74, 6) is 0. The third kappa shape index (κ3) is 6.22. The van der Waals surface area contributed by atoms with E-state index in [2.05, 4.69) is 61.4 Å². The minimum absolute atomic E-state index is 0.0605. The Morgan fingerprint density at radius 3 is 2.21 bits per heavy atom. The summed E-state index contributed by atoms with van der Waals surface area (Å²) in [6, 6.07) is 7.47. The van der Waals surface area contributed by atoms with Crippen LogP contribution in [0.15, 0.2) is 38.9 Å². The van der Waals surface area contributed by atoms with Gasteiger partial charge in [-0.3, -0.25) is 10.9 Å². The molecule has 19 heavy (non-hydrogen) atoms. The van der Waals surface area contributed by atoms with Crippen LogP contribution in [0.1, 0.15) is 5.56 Å². The number of rotatable bonds is 4. The number of halogens is 1. The second-order valence-corrected chi connectivity index (χ2v) is 5.01. The summed E-state index contributed by atoms with van der Waals surface area (Å²) in [6.45, 7) is 0. The van der Waals surface area contributed by atoms with E-state index < -0.39 is 0 Å². The molecule has 1 aromatic carbocycles. The Bertz CT molecular complexity index is 525. The Hall–Kier alpha value is -1.58. The third-order valence-electron chi connectivity index (χ3n) is 1.79. The Labute approximate surface area is 129 Å². The molecule has 0 spiro atoms. The molecule has 0 saturated carbocycles. The van der Waals surface area contributed by atoms with Gasteiger partial charge in [-0.05, 0) is 36.6 Å². The topological polar surface area (TPSA) is 101 Å². The van der Waals surface area contributed by atoms with Crippen molar-refractivity contribution < 1.29 is 0 Å². The molecule has 1 aromatic rings. The third-order valence-corrected chi connectivity index (χ3v) is 2.50. The van der Waals surface area contributed by atoms with Crippen molar-refractivity contribution in [1.82, 2.24) is 10.9 Å². The van der Waals surface area contributed by atoms with Crippen LogP contribution in [0.4, 0.5) is 0 Å². The van der Waals surface area contributed by atoms with Crippen molar-refractivity contribution >= 4 is 62.5 Å². The molecular formula is C10H11BrN6S2. The van der Waals surface area contributed by atoms with Crippen molar-refractivity contribution in [3.05, 3.63) is 34.3 Å². The molecule has 100 valence electrons. The van der Waals surface area contributed by atoms with Crippen LogP contribution >= 0.6 is 40.4 Å². The van der Waals surface area contributed by atoms with E-state index in [1.165, 1.54) is 6.21 Å². The van der Waals surface area contributed by atoms with Crippen molar-refractivity contribution in [2.75, 3.05) is 0 Å². The number of thiocarbonyl (C=S) groups is 2. The summed E-state index contributed by atoms with van der Waals surface area (Å²) >= 11 is 12.7. The largest absolute Gasteiger partial charge is 0.375 e. The average molecular weight is 359 g/mol. The van der Waals surface area contributed by atoms with E-state index in [0.717, 1.165) is 10.0 Å². The molecule has 0 unspecified atom stereocenters. The van der Waals surface area contributed by atoms with Gasteiger partial charge in [-0.25, -0.2) is 0 Å². The molecule has 0 aromatic heterocycles. The zero-order valence-electron chi connectivity index (χ0n) is 9.63. The highest BCUT2D eigenvalue weighted by Crippen LogP contribution is 2.10. The summed E-state index contributed by atoms with van der Waals surface area (Å²) < 4.78 is 0.955. The minimum Gasteiger partial charge on any atom is -0.375 e. The van der Waals surface area contributed by atoms with Crippen LogP contribution in [0, 0.1) is 0 Å². The standard InChI is InChI=1S/C10H11BrN6S2/c11-7-3-1-6(2-4-7)8(15-17-10(13)19)5-14-16-9(12)18/h1-5H,(H3,12,16,18)(H3,13,17,19). The van der Waals surface area contributed by atoms with Crippen molar-refractivity contribution in [1.29, 1.82) is 0 Å². The van der Waals surface area contributed by atoms with Crippen molar-refractivity contribution in [2.24, 2.45) is 21.7 Å². The highest BCUT2D eigenvalue weighted by atomic mass is 79.9. The summed E-state index contributed by atoms with van der Waals surface area (Å²) in [6.07, 6.45) is 1.45. The highest BCUT2D eigenvalue weighted by Gasteiger charge is 2.01. The first kappa shape index (κ1) is 15.5. The van der Waals surface area contributed by atoms with Crippen molar-refractivity contribution in [3.8, 4) is 0 Å². The molecule has 0 amide bonds. The lowest BCUT2D eigenvalue weighted by molar-refractivity contribution is 1.03.